The maximum Gasteiger partial charge on any atom is 0.158 e. The molecule has 0 bridgehead atoms. The van der Waals surface area contributed by atoms with E-state index in [0.29, 0.717) is 16.7 Å². The molecule has 0 aliphatic carbocycles. The number of aromatic nitrogens is 3. The summed E-state index contributed by atoms with van der Waals surface area (Å²) in [6, 6.07) is 0. The van der Waals surface area contributed by atoms with E-state index < -0.39 is 18.4 Å². The molecule has 0 radical (unpaired) electrons. The number of aliphatic hydroxyl groups excluding tert-OH is 3. The minimum absolute atomic E-state index is 0.141. The van der Waals surface area contributed by atoms with E-state index in [0.717, 1.165) is 0 Å². The fourth-order valence-electron chi connectivity index (χ4n) is 2.31. The van der Waals surface area contributed by atoms with Crippen molar-refractivity contribution < 1.29 is 20.1 Å². The van der Waals surface area contributed by atoms with Crippen LogP contribution in [0.2, 0.25) is 0 Å². The number of hydrogen-bond acceptors (Lipinski definition) is 8. The first-order chi connectivity index (χ1) is 10.5. The molecule has 3 unspecified atom stereocenters. The summed E-state index contributed by atoms with van der Waals surface area (Å²) in [5.41, 5.74) is 12.5. The first kappa shape index (κ1) is 16.4. The van der Waals surface area contributed by atoms with Gasteiger partial charge in [-0.25, -0.2) is 9.97 Å². The monoisotopic (exact) mass is 311 g/mol. The zero-order chi connectivity index (χ0) is 16.3. The van der Waals surface area contributed by atoms with E-state index in [9.17, 15) is 10.2 Å². The highest BCUT2D eigenvalue weighted by molar-refractivity contribution is 5.97. The molecule has 0 saturated heterocycles. The predicted octanol–water partition coefficient (Wildman–Crippen LogP) is -0.765. The number of anilines is 2. The van der Waals surface area contributed by atoms with Crippen molar-refractivity contribution in [3.05, 3.63) is 12.5 Å². The molecule has 9 heteroatoms. The minimum atomic E-state index is -0.819. The summed E-state index contributed by atoms with van der Waals surface area (Å²) in [6.45, 7) is 1.05. The van der Waals surface area contributed by atoms with E-state index in [2.05, 4.69) is 9.97 Å². The highest BCUT2D eigenvalue weighted by atomic mass is 16.5. The smallest absolute Gasteiger partial charge is 0.158 e. The molecular weight excluding hydrogens is 290 g/mol. The second-order valence-corrected chi connectivity index (χ2v) is 5.01. The zero-order valence-corrected chi connectivity index (χ0v) is 12.3. The summed E-state index contributed by atoms with van der Waals surface area (Å²) in [5, 5.41) is 28.8. The Hall–Kier alpha value is -1.94. The molecule has 2 aromatic heterocycles. The van der Waals surface area contributed by atoms with Gasteiger partial charge in [0.25, 0.3) is 0 Å². The number of nitrogen functional groups attached to an aromatic ring is 2. The van der Waals surface area contributed by atoms with Crippen molar-refractivity contribution in [3.63, 3.8) is 0 Å². The van der Waals surface area contributed by atoms with Gasteiger partial charge < -0.3 is 36.1 Å². The number of nitrogens with zero attached hydrogens (tertiary/aromatic N) is 3. The largest absolute Gasteiger partial charge is 0.397 e. The predicted molar refractivity (Wildman–Crippen MR) is 80.7 cm³/mol. The van der Waals surface area contributed by atoms with Gasteiger partial charge in [0.2, 0.25) is 0 Å². The molecule has 0 aliphatic heterocycles. The van der Waals surface area contributed by atoms with Crippen LogP contribution in [0.3, 0.4) is 0 Å². The molecule has 0 saturated carbocycles. The second-order valence-electron chi connectivity index (χ2n) is 5.01. The number of aliphatic hydroxyl groups is 3. The first-order valence-corrected chi connectivity index (χ1v) is 6.91. The lowest BCUT2D eigenvalue weighted by molar-refractivity contribution is -0.122. The molecule has 7 N–H and O–H groups in total. The third-order valence-corrected chi connectivity index (χ3v) is 3.42. The summed E-state index contributed by atoms with van der Waals surface area (Å²) in [6.07, 6.45) is 0.816. The summed E-state index contributed by atoms with van der Waals surface area (Å²) in [4.78, 5) is 8.00. The third-order valence-electron chi connectivity index (χ3n) is 3.42. The van der Waals surface area contributed by atoms with Crippen LogP contribution in [0.4, 0.5) is 11.5 Å². The molecule has 0 spiro atoms. The van der Waals surface area contributed by atoms with Gasteiger partial charge >= 0.3 is 0 Å². The lowest BCUT2D eigenvalue weighted by atomic mass is 10.1. The molecule has 0 fully saturated rings. The molecule has 122 valence electrons. The second kappa shape index (κ2) is 6.88. The Balaban J connectivity index is 2.37. The van der Waals surface area contributed by atoms with Crippen LogP contribution in [0.1, 0.15) is 19.6 Å². The molecule has 2 aromatic rings. The van der Waals surface area contributed by atoms with Crippen LogP contribution < -0.4 is 11.5 Å². The van der Waals surface area contributed by atoms with Gasteiger partial charge in [-0.05, 0) is 13.3 Å². The summed E-state index contributed by atoms with van der Waals surface area (Å²) in [7, 11) is 0. The van der Waals surface area contributed by atoms with Gasteiger partial charge in [0.15, 0.2) is 6.23 Å². The van der Waals surface area contributed by atoms with Gasteiger partial charge in [0.05, 0.1) is 29.9 Å². The van der Waals surface area contributed by atoms with Crippen molar-refractivity contribution >= 4 is 22.5 Å². The summed E-state index contributed by atoms with van der Waals surface area (Å²) < 4.78 is 7.23. The third kappa shape index (κ3) is 3.12. The van der Waals surface area contributed by atoms with Crippen molar-refractivity contribution in [1.29, 1.82) is 0 Å². The van der Waals surface area contributed by atoms with E-state index in [1.165, 1.54) is 10.9 Å². The lowest BCUT2D eigenvalue weighted by Gasteiger charge is -2.26. The maximum atomic E-state index is 9.70. The Labute approximate surface area is 127 Å². The molecule has 0 aromatic carbocycles. The van der Waals surface area contributed by atoms with E-state index in [1.807, 2.05) is 0 Å². The van der Waals surface area contributed by atoms with Crippen LogP contribution in [-0.2, 0) is 4.74 Å². The van der Waals surface area contributed by atoms with Gasteiger partial charge in [-0.3, -0.25) is 0 Å². The fourth-order valence-corrected chi connectivity index (χ4v) is 2.31. The zero-order valence-electron chi connectivity index (χ0n) is 12.3. The molecule has 22 heavy (non-hydrogen) atoms. The van der Waals surface area contributed by atoms with Crippen molar-refractivity contribution in [3.8, 4) is 0 Å². The van der Waals surface area contributed by atoms with E-state index >= 15 is 0 Å². The number of nitrogens with two attached hydrogens (primary N) is 2. The molecule has 3 atom stereocenters. The van der Waals surface area contributed by atoms with Crippen LogP contribution in [0, 0.1) is 0 Å². The van der Waals surface area contributed by atoms with Crippen molar-refractivity contribution in [2.24, 2.45) is 0 Å². The van der Waals surface area contributed by atoms with Gasteiger partial charge in [-0.2, -0.15) is 0 Å². The number of fused-ring (bicyclic) bond motifs is 1. The SMILES string of the molecule is CC(O)C(CCO)OC(CO)n1cc(N)c2c(N)ncnc21. The van der Waals surface area contributed by atoms with Crippen molar-refractivity contribution in [2.75, 3.05) is 24.7 Å². The normalized spacial score (nSPS) is 15.8. The number of rotatable bonds is 7. The van der Waals surface area contributed by atoms with E-state index in [1.54, 1.807) is 13.1 Å². The molecular formula is C13H21N5O4. The minimum Gasteiger partial charge on any atom is -0.397 e. The molecule has 9 nitrogen and oxygen atoms in total. The van der Waals surface area contributed by atoms with Crippen molar-refractivity contribution in [2.45, 2.75) is 31.8 Å². The van der Waals surface area contributed by atoms with E-state index in [-0.39, 0.29) is 25.5 Å². The average Bonchev–Trinajstić information content (AvgIpc) is 2.81. The number of hydrogen-bond donors (Lipinski definition) is 5. The fraction of sp³-hybridized carbons (Fsp3) is 0.538. The quantitative estimate of drug-likeness (QED) is 0.447. The Morgan fingerprint density at radius 3 is 2.64 bits per heavy atom. The van der Waals surface area contributed by atoms with Gasteiger partial charge in [0, 0.05) is 12.8 Å². The Morgan fingerprint density at radius 1 is 1.32 bits per heavy atom. The topological polar surface area (TPSA) is 153 Å². The van der Waals surface area contributed by atoms with Crippen LogP contribution in [0.25, 0.3) is 11.0 Å². The van der Waals surface area contributed by atoms with E-state index in [4.69, 9.17) is 21.3 Å². The summed E-state index contributed by atoms with van der Waals surface area (Å²) >= 11 is 0. The Bertz CT molecular complexity index is 630. The molecule has 2 heterocycles. The maximum absolute atomic E-state index is 9.70. The molecule has 0 aliphatic rings. The Morgan fingerprint density at radius 2 is 2.05 bits per heavy atom. The molecule has 2 rings (SSSR count). The van der Waals surface area contributed by atoms with Crippen LogP contribution in [0.15, 0.2) is 12.5 Å². The standard InChI is InChI=1S/C13H21N5O4/c1-7(21)9(2-3-19)22-10(5-20)18-4-8(14)11-12(15)16-6-17-13(11)18/h4,6-7,9-10,19-21H,2-3,5,14H2,1H3,(H2,15,16,17). The lowest BCUT2D eigenvalue weighted by Crippen LogP contribution is -2.32. The first-order valence-electron chi connectivity index (χ1n) is 6.91. The van der Waals surface area contributed by atoms with Gasteiger partial charge in [0.1, 0.15) is 17.8 Å². The highest BCUT2D eigenvalue weighted by Crippen LogP contribution is 2.29. The summed E-state index contributed by atoms with van der Waals surface area (Å²) in [5.74, 6) is 0.236. The van der Waals surface area contributed by atoms with Crippen LogP contribution in [-0.4, -0.2) is 55.3 Å². The highest BCUT2D eigenvalue weighted by Gasteiger charge is 2.24. The van der Waals surface area contributed by atoms with Crippen LogP contribution in [0.5, 0.6) is 0 Å². The molecule has 0 amide bonds. The van der Waals surface area contributed by atoms with Crippen molar-refractivity contribution in [1.82, 2.24) is 14.5 Å². The Kier molecular flexibility index (Phi) is 5.14. The average molecular weight is 311 g/mol. The van der Waals surface area contributed by atoms with Gasteiger partial charge in [-0.15, -0.1) is 0 Å². The van der Waals surface area contributed by atoms with Crippen LogP contribution >= 0.6 is 0 Å². The van der Waals surface area contributed by atoms with Gasteiger partial charge in [-0.1, -0.05) is 0 Å². The number of ether oxygens (including phenoxy) is 1.